The van der Waals surface area contributed by atoms with Crippen molar-refractivity contribution in [1.82, 2.24) is 4.90 Å². The molecule has 1 aromatic carbocycles. The number of hydrogen-bond acceptors (Lipinski definition) is 3. The largest absolute Gasteiger partial charge is 0.508 e. The Bertz CT molecular complexity index is 352. The van der Waals surface area contributed by atoms with Crippen molar-refractivity contribution in [3.8, 4) is 5.75 Å². The quantitative estimate of drug-likeness (QED) is 0.796. The minimum Gasteiger partial charge on any atom is -0.508 e. The van der Waals surface area contributed by atoms with Gasteiger partial charge >= 0.3 is 0 Å². The Morgan fingerprint density at radius 2 is 1.87 bits per heavy atom. The van der Waals surface area contributed by atoms with Gasteiger partial charge in [-0.15, -0.1) is 0 Å². The maximum absolute atomic E-state index is 11.1. The molecular formula is C12H15NO2. The predicted octanol–water partition coefficient (Wildman–Crippen LogP) is 1.56. The smallest absolute Gasteiger partial charge is 0.135 e. The van der Waals surface area contributed by atoms with Crippen molar-refractivity contribution < 1.29 is 9.90 Å². The van der Waals surface area contributed by atoms with E-state index in [2.05, 4.69) is 4.90 Å². The highest BCUT2D eigenvalue weighted by molar-refractivity contribution is 5.79. The van der Waals surface area contributed by atoms with E-state index in [9.17, 15) is 9.90 Å². The Hall–Kier alpha value is -1.35. The molecule has 0 aliphatic carbocycles. The second-order valence-corrected chi connectivity index (χ2v) is 3.94. The number of Topliss-reactive ketones (excluding diaryl/α,β-unsaturated/α-hetero) is 1. The molecule has 0 atom stereocenters. The molecule has 0 radical (unpaired) electrons. The van der Waals surface area contributed by atoms with E-state index < -0.39 is 0 Å². The van der Waals surface area contributed by atoms with Crippen LogP contribution in [0.3, 0.4) is 0 Å². The number of rotatable bonds is 2. The third kappa shape index (κ3) is 2.57. The summed E-state index contributed by atoms with van der Waals surface area (Å²) in [5, 5.41) is 9.60. The van der Waals surface area contributed by atoms with Crippen LogP contribution in [0, 0.1) is 0 Å². The van der Waals surface area contributed by atoms with Crippen LogP contribution in [0.15, 0.2) is 24.3 Å². The molecule has 15 heavy (non-hydrogen) atoms. The molecule has 0 saturated carbocycles. The first-order valence-corrected chi connectivity index (χ1v) is 5.26. The molecule has 80 valence electrons. The molecule has 3 heteroatoms. The SMILES string of the molecule is O=C1CCN(Cc2ccccc2O)CC1. The van der Waals surface area contributed by atoms with Crippen molar-refractivity contribution in [2.45, 2.75) is 19.4 Å². The van der Waals surface area contributed by atoms with E-state index in [0.717, 1.165) is 25.2 Å². The highest BCUT2D eigenvalue weighted by Gasteiger charge is 2.16. The van der Waals surface area contributed by atoms with Crippen molar-refractivity contribution in [2.75, 3.05) is 13.1 Å². The van der Waals surface area contributed by atoms with Gasteiger partial charge < -0.3 is 5.11 Å². The average molecular weight is 205 g/mol. The lowest BCUT2D eigenvalue weighted by Gasteiger charge is -2.25. The molecular weight excluding hydrogens is 190 g/mol. The number of phenolic OH excluding ortho intramolecular Hbond substituents is 1. The van der Waals surface area contributed by atoms with E-state index in [1.54, 1.807) is 6.07 Å². The molecule has 1 heterocycles. The summed E-state index contributed by atoms with van der Waals surface area (Å²) < 4.78 is 0. The number of para-hydroxylation sites is 1. The minimum absolute atomic E-state index is 0.342. The third-order valence-corrected chi connectivity index (χ3v) is 2.80. The molecule has 0 bridgehead atoms. The zero-order valence-electron chi connectivity index (χ0n) is 8.65. The summed E-state index contributed by atoms with van der Waals surface area (Å²) in [6.45, 7) is 2.36. The number of benzene rings is 1. The molecule has 1 aliphatic rings. The molecule has 0 aromatic heterocycles. The number of likely N-dealkylation sites (tertiary alicyclic amines) is 1. The number of nitrogens with zero attached hydrogens (tertiary/aromatic N) is 1. The molecule has 0 spiro atoms. The number of ketones is 1. The number of phenols is 1. The summed E-state index contributed by atoms with van der Waals surface area (Å²) in [6.07, 6.45) is 1.29. The van der Waals surface area contributed by atoms with Gasteiger partial charge in [0.1, 0.15) is 11.5 Å². The van der Waals surface area contributed by atoms with E-state index >= 15 is 0 Å². The van der Waals surface area contributed by atoms with Gasteiger partial charge in [0, 0.05) is 38.0 Å². The molecule has 1 aliphatic heterocycles. The maximum atomic E-state index is 11.1. The Balaban J connectivity index is 1.97. The van der Waals surface area contributed by atoms with Crippen molar-refractivity contribution in [2.24, 2.45) is 0 Å². The Kier molecular flexibility index (Phi) is 3.02. The first-order valence-electron chi connectivity index (χ1n) is 5.26. The van der Waals surface area contributed by atoms with Crippen molar-refractivity contribution in [3.05, 3.63) is 29.8 Å². The van der Waals surface area contributed by atoms with Crippen molar-refractivity contribution in [1.29, 1.82) is 0 Å². The van der Waals surface area contributed by atoms with Gasteiger partial charge in [0.15, 0.2) is 0 Å². The Morgan fingerprint density at radius 3 is 2.53 bits per heavy atom. The summed E-state index contributed by atoms with van der Waals surface area (Å²) in [5.41, 5.74) is 0.937. The van der Waals surface area contributed by atoms with E-state index in [1.165, 1.54) is 0 Å². The first-order chi connectivity index (χ1) is 7.25. The fourth-order valence-electron chi connectivity index (χ4n) is 1.85. The second kappa shape index (κ2) is 4.45. The summed E-state index contributed by atoms with van der Waals surface area (Å²) in [7, 11) is 0. The van der Waals surface area contributed by atoms with E-state index in [-0.39, 0.29) is 0 Å². The summed E-state index contributed by atoms with van der Waals surface area (Å²) >= 11 is 0. The van der Waals surface area contributed by atoms with Crippen LogP contribution in [-0.4, -0.2) is 28.9 Å². The van der Waals surface area contributed by atoms with Crippen LogP contribution < -0.4 is 0 Å². The van der Waals surface area contributed by atoms with E-state index in [4.69, 9.17) is 0 Å². The Labute approximate surface area is 89.3 Å². The molecule has 1 aromatic rings. The van der Waals surface area contributed by atoms with Gasteiger partial charge in [-0.1, -0.05) is 18.2 Å². The van der Waals surface area contributed by atoms with Gasteiger partial charge in [-0.2, -0.15) is 0 Å². The van der Waals surface area contributed by atoms with Crippen molar-refractivity contribution in [3.63, 3.8) is 0 Å². The van der Waals surface area contributed by atoms with E-state index in [1.807, 2.05) is 18.2 Å². The van der Waals surface area contributed by atoms with Crippen molar-refractivity contribution >= 4 is 5.78 Å². The van der Waals surface area contributed by atoms with Gasteiger partial charge in [-0.25, -0.2) is 0 Å². The molecule has 2 rings (SSSR count). The normalized spacial score (nSPS) is 18.0. The highest BCUT2D eigenvalue weighted by Crippen LogP contribution is 2.19. The fraction of sp³-hybridized carbons (Fsp3) is 0.417. The van der Waals surface area contributed by atoms with Gasteiger partial charge in [-0.3, -0.25) is 9.69 Å². The highest BCUT2D eigenvalue weighted by atomic mass is 16.3. The van der Waals surface area contributed by atoms with Crippen LogP contribution in [0.5, 0.6) is 5.75 Å². The van der Waals surface area contributed by atoms with Crippen LogP contribution in [0.4, 0.5) is 0 Å². The topological polar surface area (TPSA) is 40.5 Å². The summed E-state index contributed by atoms with van der Waals surface area (Å²) in [5.74, 6) is 0.693. The third-order valence-electron chi connectivity index (χ3n) is 2.80. The summed E-state index contributed by atoms with van der Waals surface area (Å²) in [4.78, 5) is 13.3. The van der Waals surface area contributed by atoms with Crippen LogP contribution in [0.2, 0.25) is 0 Å². The fourth-order valence-corrected chi connectivity index (χ4v) is 1.85. The molecule has 3 nitrogen and oxygen atoms in total. The lowest BCUT2D eigenvalue weighted by molar-refractivity contribution is -0.121. The molecule has 1 fully saturated rings. The number of carbonyl (C=O) groups is 1. The zero-order chi connectivity index (χ0) is 10.7. The summed E-state index contributed by atoms with van der Waals surface area (Å²) in [6, 6.07) is 7.36. The standard InChI is InChI=1S/C12H15NO2/c14-11-5-7-13(8-6-11)9-10-3-1-2-4-12(10)15/h1-4,15H,5-9H2. The van der Waals surface area contributed by atoms with E-state index in [0.29, 0.717) is 24.4 Å². The van der Waals surface area contributed by atoms with Crippen LogP contribution >= 0.6 is 0 Å². The predicted molar refractivity (Wildman–Crippen MR) is 57.6 cm³/mol. The lowest BCUT2D eigenvalue weighted by Crippen LogP contribution is -2.33. The second-order valence-electron chi connectivity index (χ2n) is 3.94. The average Bonchev–Trinajstić information content (AvgIpc) is 2.25. The minimum atomic E-state index is 0.342. The van der Waals surface area contributed by atoms with Crippen LogP contribution in [-0.2, 0) is 11.3 Å². The van der Waals surface area contributed by atoms with Gasteiger partial charge in [0.05, 0.1) is 0 Å². The van der Waals surface area contributed by atoms with Crippen LogP contribution in [0.1, 0.15) is 18.4 Å². The zero-order valence-corrected chi connectivity index (χ0v) is 8.65. The molecule has 1 saturated heterocycles. The monoisotopic (exact) mass is 205 g/mol. The van der Waals surface area contributed by atoms with Gasteiger partial charge in [-0.05, 0) is 6.07 Å². The number of piperidine rings is 1. The van der Waals surface area contributed by atoms with Gasteiger partial charge in [0.25, 0.3) is 0 Å². The first kappa shape index (κ1) is 10.2. The lowest BCUT2D eigenvalue weighted by atomic mass is 10.1. The number of aromatic hydroxyl groups is 1. The number of carbonyl (C=O) groups excluding carboxylic acids is 1. The molecule has 0 amide bonds. The molecule has 0 unspecified atom stereocenters. The maximum Gasteiger partial charge on any atom is 0.135 e. The number of hydrogen-bond donors (Lipinski definition) is 1. The molecule has 1 N–H and O–H groups in total. The Morgan fingerprint density at radius 1 is 1.20 bits per heavy atom. The van der Waals surface area contributed by atoms with Gasteiger partial charge in [0.2, 0.25) is 0 Å². The van der Waals surface area contributed by atoms with Crippen LogP contribution in [0.25, 0.3) is 0 Å².